The second-order valence-electron chi connectivity index (χ2n) is 10.6. The summed E-state index contributed by atoms with van der Waals surface area (Å²) in [5.41, 5.74) is 2.84. The molecule has 0 unspecified atom stereocenters. The fourth-order valence-corrected chi connectivity index (χ4v) is 7.53. The number of aromatic nitrogens is 1. The van der Waals surface area contributed by atoms with Gasteiger partial charge in [0, 0.05) is 36.1 Å². The molecule has 0 aliphatic carbocycles. The van der Waals surface area contributed by atoms with Crippen LogP contribution < -0.4 is 4.31 Å². The first kappa shape index (κ1) is 33.1. The van der Waals surface area contributed by atoms with Gasteiger partial charge in [-0.25, -0.2) is 13.2 Å². The molecule has 46 heavy (non-hydrogen) atoms. The molecule has 0 aliphatic heterocycles. The van der Waals surface area contributed by atoms with E-state index in [9.17, 15) is 18.0 Å². The van der Waals surface area contributed by atoms with Crippen molar-refractivity contribution in [2.24, 2.45) is 7.05 Å². The number of anilines is 1. The largest absolute Gasteiger partial charge is 0.467 e. The lowest BCUT2D eigenvalue weighted by molar-refractivity contribution is 0.0514. The summed E-state index contributed by atoms with van der Waals surface area (Å²) in [6.45, 7) is 5.65. The van der Waals surface area contributed by atoms with Crippen molar-refractivity contribution in [1.29, 1.82) is 0 Å². The van der Waals surface area contributed by atoms with Crippen LogP contribution in [0.3, 0.4) is 0 Å². The maximum atomic E-state index is 14.3. The van der Waals surface area contributed by atoms with Gasteiger partial charge in [-0.15, -0.1) is 0 Å². The average Bonchev–Trinajstić information content (AvgIpc) is 3.63. The van der Waals surface area contributed by atoms with Crippen molar-refractivity contribution in [1.82, 2.24) is 9.47 Å². The quantitative estimate of drug-likeness (QED) is 0.133. The highest BCUT2D eigenvalue weighted by molar-refractivity contribution is 7.92. The Morgan fingerprint density at radius 3 is 2.39 bits per heavy atom. The standard InChI is InChI=1S/C34H33Cl2N3O6S/c1-5-39(46(42,43)26-14-16-31-28(19-26)22(3)32(37(31)4)34(41)44-6-2)30-15-13-24(35)18-23(30)20-38(21-25-10-9-17-45-25)33(40)27-11-7-8-12-29(27)36/h7-19H,5-6,20-21H2,1-4H3. The number of rotatable bonds is 11. The molecule has 3 aromatic carbocycles. The van der Waals surface area contributed by atoms with E-state index in [4.69, 9.17) is 32.4 Å². The van der Waals surface area contributed by atoms with E-state index in [-0.39, 0.29) is 37.0 Å². The normalized spacial score (nSPS) is 11.5. The number of furan rings is 1. The topological polar surface area (TPSA) is 102 Å². The maximum absolute atomic E-state index is 14.3. The first-order valence-corrected chi connectivity index (χ1v) is 16.8. The number of hydrogen-bond acceptors (Lipinski definition) is 6. The number of ether oxygens (including phenoxy) is 1. The molecular weight excluding hydrogens is 649 g/mol. The summed E-state index contributed by atoms with van der Waals surface area (Å²) in [5.74, 6) is -0.298. The van der Waals surface area contributed by atoms with Crippen LogP contribution in [0.5, 0.6) is 0 Å². The molecule has 240 valence electrons. The summed E-state index contributed by atoms with van der Waals surface area (Å²) in [6.07, 6.45) is 1.52. The first-order chi connectivity index (χ1) is 22.0. The monoisotopic (exact) mass is 681 g/mol. The first-order valence-electron chi connectivity index (χ1n) is 14.6. The Bertz CT molecular complexity index is 2020. The van der Waals surface area contributed by atoms with Gasteiger partial charge in [0.2, 0.25) is 0 Å². The van der Waals surface area contributed by atoms with Crippen LogP contribution in [0.15, 0.2) is 88.4 Å². The van der Waals surface area contributed by atoms with Crippen LogP contribution in [0.25, 0.3) is 10.9 Å². The van der Waals surface area contributed by atoms with Gasteiger partial charge in [0.15, 0.2) is 0 Å². The Labute approximate surface area is 277 Å². The van der Waals surface area contributed by atoms with E-state index in [1.165, 1.54) is 21.5 Å². The second-order valence-corrected chi connectivity index (χ2v) is 13.3. The van der Waals surface area contributed by atoms with Crippen LogP contribution in [0, 0.1) is 6.92 Å². The molecular formula is C34H33Cl2N3O6S. The van der Waals surface area contributed by atoms with Crippen LogP contribution in [0.2, 0.25) is 10.0 Å². The van der Waals surface area contributed by atoms with Crippen LogP contribution in [-0.4, -0.2) is 42.9 Å². The number of carbonyl (C=O) groups is 2. The predicted molar refractivity (Wildman–Crippen MR) is 179 cm³/mol. The number of halogens is 2. The van der Waals surface area contributed by atoms with E-state index in [0.717, 1.165) is 0 Å². The van der Waals surface area contributed by atoms with E-state index < -0.39 is 16.0 Å². The molecule has 5 aromatic rings. The van der Waals surface area contributed by atoms with E-state index >= 15 is 0 Å². The van der Waals surface area contributed by atoms with Gasteiger partial charge in [0.1, 0.15) is 11.5 Å². The van der Waals surface area contributed by atoms with Gasteiger partial charge in [-0.3, -0.25) is 9.10 Å². The Morgan fingerprint density at radius 1 is 0.957 bits per heavy atom. The molecule has 0 fully saturated rings. The van der Waals surface area contributed by atoms with Crippen molar-refractivity contribution in [3.63, 3.8) is 0 Å². The van der Waals surface area contributed by atoms with Gasteiger partial charge in [0.05, 0.1) is 40.6 Å². The number of fused-ring (bicyclic) bond motifs is 1. The van der Waals surface area contributed by atoms with Gasteiger partial charge < -0.3 is 18.6 Å². The molecule has 1 amide bonds. The lowest BCUT2D eigenvalue weighted by atomic mass is 10.1. The summed E-state index contributed by atoms with van der Waals surface area (Å²) in [5, 5.41) is 1.29. The summed E-state index contributed by atoms with van der Waals surface area (Å²) >= 11 is 12.8. The molecule has 0 bridgehead atoms. The Hall–Kier alpha value is -4.25. The van der Waals surface area contributed by atoms with Crippen molar-refractivity contribution in [2.45, 2.75) is 38.8 Å². The molecule has 0 aliphatic rings. The zero-order valence-corrected chi connectivity index (χ0v) is 28.1. The third kappa shape index (κ3) is 6.38. The molecule has 0 atom stereocenters. The third-order valence-electron chi connectivity index (χ3n) is 7.76. The third-order valence-corrected chi connectivity index (χ3v) is 10.2. The fourth-order valence-electron chi connectivity index (χ4n) is 5.58. The minimum atomic E-state index is -4.12. The molecule has 0 saturated carbocycles. The van der Waals surface area contributed by atoms with Crippen LogP contribution in [0.4, 0.5) is 5.69 Å². The van der Waals surface area contributed by atoms with Gasteiger partial charge in [-0.05, 0) is 92.6 Å². The average molecular weight is 683 g/mol. The zero-order valence-electron chi connectivity index (χ0n) is 25.8. The van der Waals surface area contributed by atoms with E-state index in [0.29, 0.717) is 54.8 Å². The summed E-state index contributed by atoms with van der Waals surface area (Å²) in [4.78, 5) is 28.1. The van der Waals surface area contributed by atoms with Crippen molar-refractivity contribution < 1.29 is 27.2 Å². The van der Waals surface area contributed by atoms with Gasteiger partial charge in [-0.2, -0.15) is 0 Å². The number of carbonyl (C=O) groups excluding carboxylic acids is 2. The van der Waals surface area contributed by atoms with Crippen molar-refractivity contribution in [2.75, 3.05) is 17.5 Å². The molecule has 5 rings (SSSR count). The lowest BCUT2D eigenvalue weighted by Crippen LogP contribution is -2.34. The van der Waals surface area contributed by atoms with Crippen LogP contribution in [0.1, 0.15) is 51.6 Å². The Morgan fingerprint density at radius 2 is 1.72 bits per heavy atom. The highest BCUT2D eigenvalue weighted by Gasteiger charge is 2.29. The SMILES string of the molecule is CCOC(=O)c1c(C)c2cc(S(=O)(=O)N(CC)c3ccc(Cl)cc3CN(Cc3ccco3)C(=O)c3ccccc3Cl)ccc2n1C. The Balaban J connectivity index is 1.57. The molecule has 9 nitrogen and oxygen atoms in total. The maximum Gasteiger partial charge on any atom is 0.355 e. The number of nitrogens with zero attached hydrogens (tertiary/aromatic N) is 3. The van der Waals surface area contributed by atoms with Gasteiger partial charge in [0.25, 0.3) is 15.9 Å². The minimum Gasteiger partial charge on any atom is -0.467 e. The predicted octanol–water partition coefficient (Wildman–Crippen LogP) is 7.62. The number of sulfonamides is 1. The van der Waals surface area contributed by atoms with Crippen molar-refractivity contribution in [3.05, 3.63) is 117 Å². The Kier molecular flexibility index (Phi) is 9.81. The molecule has 12 heteroatoms. The molecule has 0 radical (unpaired) electrons. The zero-order chi connectivity index (χ0) is 33.2. The molecule has 0 saturated heterocycles. The summed E-state index contributed by atoms with van der Waals surface area (Å²) < 4.78 is 42.4. The number of esters is 1. The number of amides is 1. The fraction of sp³-hybridized carbons (Fsp3) is 0.235. The van der Waals surface area contributed by atoms with Crippen LogP contribution in [-0.2, 0) is 34.9 Å². The summed E-state index contributed by atoms with van der Waals surface area (Å²) in [7, 11) is -2.38. The van der Waals surface area contributed by atoms with Gasteiger partial charge >= 0.3 is 5.97 Å². The number of aryl methyl sites for hydroxylation is 2. The molecule has 2 aromatic heterocycles. The van der Waals surface area contributed by atoms with Crippen LogP contribution >= 0.6 is 23.2 Å². The second kappa shape index (κ2) is 13.6. The number of benzene rings is 3. The highest BCUT2D eigenvalue weighted by atomic mass is 35.5. The van der Waals surface area contributed by atoms with Crippen molar-refractivity contribution >= 4 is 61.7 Å². The lowest BCUT2D eigenvalue weighted by Gasteiger charge is -2.29. The smallest absolute Gasteiger partial charge is 0.355 e. The highest BCUT2D eigenvalue weighted by Crippen LogP contribution is 2.34. The molecule has 2 heterocycles. The van der Waals surface area contributed by atoms with Crippen molar-refractivity contribution in [3.8, 4) is 0 Å². The molecule has 0 N–H and O–H groups in total. The molecule has 0 spiro atoms. The van der Waals surface area contributed by atoms with Gasteiger partial charge in [-0.1, -0.05) is 35.3 Å². The minimum absolute atomic E-state index is 0.00635. The number of hydrogen-bond donors (Lipinski definition) is 0. The van der Waals surface area contributed by atoms with E-state index in [2.05, 4.69) is 0 Å². The van der Waals surface area contributed by atoms with E-state index in [1.54, 1.807) is 99.1 Å². The summed E-state index contributed by atoms with van der Waals surface area (Å²) in [6, 6.07) is 19.9. The van der Waals surface area contributed by atoms with E-state index in [1.807, 2.05) is 0 Å².